The molecule has 1 N–H and O–H groups in total. The second-order valence-corrected chi connectivity index (χ2v) is 10.7. The molecular weight excluding hydrogens is 476 g/mol. The van der Waals surface area contributed by atoms with Crippen LogP contribution >= 0.6 is 11.3 Å². The molecule has 4 rings (SSSR count). The number of carbonyl (C=O) groups excluding carboxylic acids is 2. The lowest BCUT2D eigenvalue weighted by Crippen LogP contribution is -2.41. The maximum absolute atomic E-state index is 13.2. The lowest BCUT2D eigenvalue weighted by Gasteiger charge is -2.34. The van der Waals surface area contributed by atoms with E-state index in [2.05, 4.69) is 21.9 Å². The standard InChI is InChI=1S/C27H34N4O4S/c1-27(2,3)35-26(33)30-14-10-20(11-15-30)24-23(25(32)28-13-9-19-12-16-36-18-19)17-29-31(24)21-5-7-22(34-4)8-6-21/h5-8,12,16-18,20H,9-11,13-15H2,1-4H3,(H,28,32). The molecule has 9 heteroatoms. The summed E-state index contributed by atoms with van der Waals surface area (Å²) in [5.41, 5.74) is 2.99. The fourth-order valence-electron chi connectivity index (χ4n) is 4.37. The topological polar surface area (TPSA) is 85.7 Å². The number of piperidine rings is 1. The van der Waals surface area contributed by atoms with Crippen LogP contribution in [0.2, 0.25) is 0 Å². The molecule has 3 heterocycles. The highest BCUT2D eigenvalue weighted by Gasteiger charge is 2.32. The number of nitrogens with zero attached hydrogens (tertiary/aromatic N) is 3. The predicted octanol–water partition coefficient (Wildman–Crippen LogP) is 5.03. The van der Waals surface area contributed by atoms with Gasteiger partial charge in [0, 0.05) is 25.6 Å². The van der Waals surface area contributed by atoms with Crippen molar-refractivity contribution in [1.82, 2.24) is 20.0 Å². The summed E-state index contributed by atoms with van der Waals surface area (Å²) < 4.78 is 12.7. The third-order valence-corrected chi connectivity index (χ3v) is 6.91. The molecule has 8 nitrogen and oxygen atoms in total. The summed E-state index contributed by atoms with van der Waals surface area (Å²) >= 11 is 1.65. The molecule has 0 spiro atoms. The summed E-state index contributed by atoms with van der Waals surface area (Å²) in [5.74, 6) is 0.699. The average Bonchev–Trinajstić information content (AvgIpc) is 3.53. The Balaban J connectivity index is 1.54. The molecule has 2 amide bonds. The fourth-order valence-corrected chi connectivity index (χ4v) is 5.07. The number of rotatable bonds is 7. The SMILES string of the molecule is COc1ccc(-n2ncc(C(=O)NCCc3ccsc3)c2C2CCN(C(=O)OC(C)(C)C)CC2)cc1. The summed E-state index contributed by atoms with van der Waals surface area (Å²) in [6.07, 6.45) is 3.58. The summed E-state index contributed by atoms with van der Waals surface area (Å²) in [6, 6.07) is 9.70. The number of thiophene rings is 1. The number of methoxy groups -OCH3 is 1. The Bertz CT molecular complexity index is 1160. The first-order chi connectivity index (χ1) is 17.2. The zero-order valence-corrected chi connectivity index (χ0v) is 22.1. The van der Waals surface area contributed by atoms with Crippen LogP contribution in [0.15, 0.2) is 47.3 Å². The molecule has 0 aliphatic carbocycles. The molecule has 0 atom stereocenters. The van der Waals surface area contributed by atoms with Crippen LogP contribution in [-0.2, 0) is 11.2 Å². The smallest absolute Gasteiger partial charge is 0.410 e. The molecule has 0 unspecified atom stereocenters. The molecule has 36 heavy (non-hydrogen) atoms. The quantitative estimate of drug-likeness (QED) is 0.482. The Morgan fingerprint density at radius 1 is 1.14 bits per heavy atom. The van der Waals surface area contributed by atoms with Gasteiger partial charge < -0.3 is 19.7 Å². The van der Waals surface area contributed by atoms with Gasteiger partial charge in [-0.15, -0.1) is 0 Å². The van der Waals surface area contributed by atoms with E-state index in [9.17, 15) is 9.59 Å². The molecule has 0 radical (unpaired) electrons. The Morgan fingerprint density at radius 2 is 1.86 bits per heavy atom. The van der Waals surface area contributed by atoms with E-state index < -0.39 is 5.60 Å². The first kappa shape index (κ1) is 25.8. The number of benzene rings is 1. The lowest BCUT2D eigenvalue weighted by molar-refractivity contribution is 0.0203. The minimum atomic E-state index is -0.533. The number of aromatic nitrogens is 2. The van der Waals surface area contributed by atoms with Crippen molar-refractivity contribution in [3.05, 3.63) is 64.1 Å². The highest BCUT2D eigenvalue weighted by molar-refractivity contribution is 7.07. The molecule has 0 bridgehead atoms. The van der Waals surface area contributed by atoms with Crippen LogP contribution in [0.25, 0.3) is 5.69 Å². The van der Waals surface area contributed by atoms with E-state index in [1.165, 1.54) is 5.56 Å². The van der Waals surface area contributed by atoms with Crippen molar-refractivity contribution in [3.8, 4) is 11.4 Å². The van der Waals surface area contributed by atoms with Crippen LogP contribution < -0.4 is 10.1 Å². The highest BCUT2D eigenvalue weighted by atomic mass is 32.1. The van der Waals surface area contributed by atoms with E-state index in [0.29, 0.717) is 25.2 Å². The third-order valence-electron chi connectivity index (χ3n) is 6.18. The van der Waals surface area contributed by atoms with Gasteiger partial charge in [0.05, 0.1) is 30.3 Å². The Labute approximate surface area is 216 Å². The van der Waals surface area contributed by atoms with Gasteiger partial charge in [0.15, 0.2) is 0 Å². The summed E-state index contributed by atoms with van der Waals surface area (Å²) in [7, 11) is 1.63. The molecule has 1 aromatic carbocycles. The number of nitrogens with one attached hydrogen (secondary N) is 1. The van der Waals surface area contributed by atoms with Crippen LogP contribution in [0.5, 0.6) is 5.75 Å². The van der Waals surface area contributed by atoms with Crippen molar-refractivity contribution in [3.63, 3.8) is 0 Å². The van der Waals surface area contributed by atoms with Gasteiger partial charge in [-0.25, -0.2) is 9.48 Å². The van der Waals surface area contributed by atoms with Crippen LogP contribution in [0.1, 0.15) is 61.1 Å². The number of amides is 2. The van der Waals surface area contributed by atoms with Gasteiger partial charge in [0.1, 0.15) is 11.4 Å². The Morgan fingerprint density at radius 3 is 2.47 bits per heavy atom. The minimum absolute atomic E-state index is 0.0749. The first-order valence-electron chi connectivity index (χ1n) is 12.2. The second-order valence-electron chi connectivity index (χ2n) is 9.93. The molecule has 2 aromatic heterocycles. The van der Waals surface area contributed by atoms with Crippen molar-refractivity contribution in [2.45, 2.75) is 51.6 Å². The van der Waals surface area contributed by atoms with E-state index in [1.807, 2.05) is 55.1 Å². The van der Waals surface area contributed by atoms with Crippen molar-refractivity contribution < 1.29 is 19.1 Å². The van der Waals surface area contributed by atoms with E-state index in [1.54, 1.807) is 29.5 Å². The molecule has 1 aliphatic rings. The van der Waals surface area contributed by atoms with Crippen LogP contribution in [0.4, 0.5) is 4.79 Å². The van der Waals surface area contributed by atoms with Crippen molar-refractivity contribution in [1.29, 1.82) is 0 Å². The average molecular weight is 511 g/mol. The van der Waals surface area contributed by atoms with E-state index in [4.69, 9.17) is 9.47 Å². The van der Waals surface area contributed by atoms with Gasteiger partial charge in [0.25, 0.3) is 5.91 Å². The van der Waals surface area contributed by atoms with E-state index in [-0.39, 0.29) is 17.9 Å². The van der Waals surface area contributed by atoms with Gasteiger partial charge in [-0.1, -0.05) is 0 Å². The zero-order chi connectivity index (χ0) is 25.7. The Hall–Kier alpha value is -3.33. The molecule has 0 saturated carbocycles. The van der Waals surface area contributed by atoms with E-state index >= 15 is 0 Å². The normalized spacial score (nSPS) is 14.5. The second kappa shape index (κ2) is 11.2. The molecule has 1 saturated heterocycles. The van der Waals surface area contributed by atoms with Crippen molar-refractivity contribution in [2.24, 2.45) is 0 Å². The van der Waals surface area contributed by atoms with Gasteiger partial charge in [-0.2, -0.15) is 16.4 Å². The Kier molecular flexibility index (Phi) is 7.98. The van der Waals surface area contributed by atoms with E-state index in [0.717, 1.165) is 36.4 Å². The van der Waals surface area contributed by atoms with Crippen LogP contribution in [0.3, 0.4) is 0 Å². The summed E-state index contributed by atoms with van der Waals surface area (Å²) in [6.45, 7) is 7.29. The van der Waals surface area contributed by atoms with Crippen LogP contribution in [-0.4, -0.2) is 59.0 Å². The van der Waals surface area contributed by atoms with Crippen molar-refractivity contribution >= 4 is 23.3 Å². The summed E-state index contributed by atoms with van der Waals surface area (Å²) in [5, 5.41) is 11.8. The predicted molar refractivity (Wildman–Crippen MR) is 140 cm³/mol. The largest absolute Gasteiger partial charge is 0.497 e. The molecular formula is C27H34N4O4S. The lowest BCUT2D eigenvalue weighted by atomic mass is 9.91. The number of ether oxygens (including phenoxy) is 2. The molecule has 1 aliphatic heterocycles. The first-order valence-corrected chi connectivity index (χ1v) is 13.2. The minimum Gasteiger partial charge on any atom is -0.497 e. The van der Waals surface area contributed by atoms with Gasteiger partial charge in [-0.3, -0.25) is 4.79 Å². The van der Waals surface area contributed by atoms with Crippen LogP contribution in [0, 0.1) is 0 Å². The monoisotopic (exact) mass is 510 g/mol. The highest BCUT2D eigenvalue weighted by Crippen LogP contribution is 2.33. The van der Waals surface area contributed by atoms with Gasteiger partial charge >= 0.3 is 6.09 Å². The van der Waals surface area contributed by atoms with Gasteiger partial charge in [0.2, 0.25) is 0 Å². The number of hydrogen-bond acceptors (Lipinski definition) is 6. The molecule has 192 valence electrons. The maximum Gasteiger partial charge on any atom is 0.410 e. The van der Waals surface area contributed by atoms with Crippen molar-refractivity contribution in [2.75, 3.05) is 26.7 Å². The fraction of sp³-hybridized carbons (Fsp3) is 0.444. The molecule has 3 aromatic rings. The summed E-state index contributed by atoms with van der Waals surface area (Å²) in [4.78, 5) is 27.5. The van der Waals surface area contributed by atoms with Gasteiger partial charge in [-0.05, 0) is 86.7 Å². The maximum atomic E-state index is 13.2. The molecule has 1 fully saturated rings. The number of carbonyl (C=O) groups is 2. The number of likely N-dealkylation sites (tertiary alicyclic amines) is 1. The number of hydrogen-bond donors (Lipinski definition) is 1. The third kappa shape index (κ3) is 6.26. The zero-order valence-electron chi connectivity index (χ0n) is 21.3.